The number of nitrogens with one attached hydrogen (secondary N) is 3. The molecule has 0 spiro atoms. The summed E-state index contributed by atoms with van der Waals surface area (Å²) in [4.78, 5) is 51.0. The average Bonchev–Trinajstić information content (AvgIpc) is 3.06. The smallest absolute Gasteiger partial charge is 0.408 e. The number of carbonyl (C=O) groups is 4. The lowest BCUT2D eigenvalue weighted by Gasteiger charge is -2.20. The van der Waals surface area contributed by atoms with Gasteiger partial charge >= 0.3 is 12.1 Å². The highest BCUT2D eigenvalue weighted by Crippen LogP contribution is 2.19. The van der Waals surface area contributed by atoms with Crippen LogP contribution in [0.1, 0.15) is 33.3 Å². The fourth-order valence-corrected chi connectivity index (χ4v) is 2.79. The maximum absolute atomic E-state index is 12.4. The van der Waals surface area contributed by atoms with E-state index in [2.05, 4.69) is 15.6 Å². The zero-order chi connectivity index (χ0) is 22.5. The predicted molar refractivity (Wildman–Crippen MR) is 110 cm³/mol. The normalized spacial score (nSPS) is 13.3. The third-order valence-corrected chi connectivity index (χ3v) is 4.40. The molecular formula is C21H27N3O6. The summed E-state index contributed by atoms with van der Waals surface area (Å²) in [5.74, 6) is -3.63. The summed E-state index contributed by atoms with van der Waals surface area (Å²) < 4.78 is 5.03. The van der Waals surface area contributed by atoms with Crippen LogP contribution in [0.15, 0.2) is 30.5 Å². The Hall–Kier alpha value is -3.36. The predicted octanol–water partition coefficient (Wildman–Crippen LogP) is 2.01. The van der Waals surface area contributed by atoms with E-state index in [1.54, 1.807) is 27.0 Å². The molecule has 2 aromatic rings. The lowest BCUT2D eigenvalue weighted by atomic mass is 10.0. The molecule has 0 bridgehead atoms. The molecule has 1 aromatic carbocycles. The molecular weight excluding hydrogens is 390 g/mol. The van der Waals surface area contributed by atoms with Gasteiger partial charge in [-0.05, 0) is 39.3 Å². The lowest BCUT2D eigenvalue weighted by Crippen LogP contribution is -2.47. The van der Waals surface area contributed by atoms with Gasteiger partial charge in [0.25, 0.3) is 0 Å². The minimum Gasteiger partial charge on any atom is -0.480 e. The molecule has 9 nitrogen and oxygen atoms in total. The highest BCUT2D eigenvalue weighted by Gasteiger charge is 2.28. The summed E-state index contributed by atoms with van der Waals surface area (Å²) in [5.41, 5.74) is 0.886. The van der Waals surface area contributed by atoms with Crippen LogP contribution in [0.4, 0.5) is 4.79 Å². The van der Waals surface area contributed by atoms with E-state index in [0.29, 0.717) is 0 Å². The molecule has 9 heteroatoms. The first-order valence-corrected chi connectivity index (χ1v) is 9.55. The van der Waals surface area contributed by atoms with E-state index in [0.717, 1.165) is 16.5 Å². The van der Waals surface area contributed by atoms with E-state index in [-0.39, 0.29) is 6.42 Å². The van der Waals surface area contributed by atoms with E-state index in [9.17, 15) is 24.3 Å². The second kappa shape index (κ2) is 9.43. The third-order valence-electron chi connectivity index (χ3n) is 4.40. The number of carboxylic acid groups (broad SMARTS) is 1. The van der Waals surface area contributed by atoms with E-state index >= 15 is 0 Å². The van der Waals surface area contributed by atoms with Gasteiger partial charge in [0.05, 0.1) is 12.5 Å². The van der Waals surface area contributed by atoms with Crippen molar-refractivity contribution >= 4 is 34.7 Å². The van der Waals surface area contributed by atoms with Gasteiger partial charge in [0, 0.05) is 23.5 Å². The fraction of sp³-hybridized carbons (Fsp3) is 0.429. The molecule has 4 N–H and O–H groups in total. The number of H-pyrrole nitrogens is 1. The summed E-state index contributed by atoms with van der Waals surface area (Å²) in [6.45, 7) is 6.02. The van der Waals surface area contributed by atoms with Crippen molar-refractivity contribution in [2.24, 2.45) is 5.92 Å². The zero-order valence-corrected chi connectivity index (χ0v) is 17.4. The summed E-state index contributed by atoms with van der Waals surface area (Å²) >= 11 is 0. The zero-order valence-electron chi connectivity index (χ0n) is 17.4. The van der Waals surface area contributed by atoms with Crippen LogP contribution in [-0.2, 0) is 25.5 Å². The molecule has 0 aliphatic heterocycles. The number of carbonyl (C=O) groups excluding carboxylic acids is 3. The van der Waals surface area contributed by atoms with Crippen LogP contribution >= 0.6 is 0 Å². The van der Waals surface area contributed by atoms with Crippen molar-refractivity contribution in [2.75, 3.05) is 6.54 Å². The monoisotopic (exact) mass is 417 g/mol. The number of hydrogen-bond acceptors (Lipinski definition) is 5. The number of carboxylic acids is 1. The van der Waals surface area contributed by atoms with E-state index < -0.39 is 47.9 Å². The van der Waals surface area contributed by atoms with Gasteiger partial charge in [-0.3, -0.25) is 9.59 Å². The molecule has 162 valence electrons. The number of aliphatic carboxylic acids is 1. The SMILES string of the molecule is CC(C(=O)CNC(=O)OC(C)(C)C)C(=O)NC(Cc1c[nH]c2ccccc12)C(=O)O. The fourth-order valence-electron chi connectivity index (χ4n) is 2.79. The Kier molecular flexibility index (Phi) is 7.20. The Balaban J connectivity index is 1.96. The Morgan fingerprint density at radius 3 is 2.47 bits per heavy atom. The Morgan fingerprint density at radius 2 is 1.83 bits per heavy atom. The van der Waals surface area contributed by atoms with Gasteiger partial charge in [-0.25, -0.2) is 9.59 Å². The van der Waals surface area contributed by atoms with Gasteiger partial charge in [-0.2, -0.15) is 0 Å². The van der Waals surface area contributed by atoms with Gasteiger partial charge in [0.2, 0.25) is 5.91 Å². The van der Waals surface area contributed by atoms with Gasteiger partial charge < -0.3 is 25.5 Å². The first-order chi connectivity index (χ1) is 14.0. The number of Topliss-reactive ketones (excluding diaryl/α,β-unsaturated/α-hetero) is 1. The van der Waals surface area contributed by atoms with Gasteiger partial charge in [0.15, 0.2) is 5.78 Å². The topological polar surface area (TPSA) is 138 Å². The summed E-state index contributed by atoms with van der Waals surface area (Å²) in [7, 11) is 0. The van der Waals surface area contributed by atoms with Crippen LogP contribution in [0, 0.1) is 5.92 Å². The van der Waals surface area contributed by atoms with Crippen LogP contribution in [0.5, 0.6) is 0 Å². The third kappa shape index (κ3) is 6.33. The summed E-state index contributed by atoms with van der Waals surface area (Å²) in [6, 6.07) is 6.22. The molecule has 2 rings (SSSR count). The highest BCUT2D eigenvalue weighted by atomic mass is 16.6. The van der Waals surface area contributed by atoms with Crippen molar-refractivity contribution < 1.29 is 29.0 Å². The molecule has 0 radical (unpaired) electrons. The molecule has 0 aliphatic carbocycles. The van der Waals surface area contributed by atoms with Gasteiger partial charge in [0.1, 0.15) is 11.6 Å². The molecule has 0 fully saturated rings. The second-order valence-electron chi connectivity index (χ2n) is 8.01. The minimum atomic E-state index is -1.21. The Bertz CT molecular complexity index is 944. The number of rotatable bonds is 8. The van der Waals surface area contributed by atoms with E-state index in [1.807, 2.05) is 24.3 Å². The molecule has 2 unspecified atom stereocenters. The number of ether oxygens (including phenoxy) is 1. The van der Waals surface area contributed by atoms with Crippen LogP contribution in [0.2, 0.25) is 0 Å². The standard InChI is InChI=1S/C21H27N3O6/c1-12(17(25)11-23-20(29)30-21(2,3)4)18(26)24-16(19(27)28)9-13-10-22-15-8-6-5-7-14(13)15/h5-8,10,12,16,22H,9,11H2,1-4H3,(H,23,29)(H,24,26)(H,27,28). The van der Waals surface area contributed by atoms with Crippen molar-refractivity contribution in [1.82, 2.24) is 15.6 Å². The largest absolute Gasteiger partial charge is 0.480 e. The molecule has 0 saturated heterocycles. The molecule has 30 heavy (non-hydrogen) atoms. The van der Waals surface area contributed by atoms with Crippen LogP contribution in [-0.4, -0.2) is 52.0 Å². The number of aromatic nitrogens is 1. The van der Waals surface area contributed by atoms with Crippen molar-refractivity contribution in [3.63, 3.8) is 0 Å². The molecule has 1 aromatic heterocycles. The maximum Gasteiger partial charge on any atom is 0.408 e. The van der Waals surface area contributed by atoms with Crippen molar-refractivity contribution in [3.8, 4) is 0 Å². The number of benzene rings is 1. The second-order valence-corrected chi connectivity index (χ2v) is 8.01. The van der Waals surface area contributed by atoms with E-state index in [1.165, 1.54) is 6.92 Å². The first kappa shape index (κ1) is 22.9. The first-order valence-electron chi connectivity index (χ1n) is 9.55. The average molecular weight is 417 g/mol. The number of fused-ring (bicyclic) bond motifs is 1. The van der Waals surface area contributed by atoms with Crippen molar-refractivity contribution in [1.29, 1.82) is 0 Å². The van der Waals surface area contributed by atoms with Gasteiger partial charge in [-0.15, -0.1) is 0 Å². The van der Waals surface area contributed by atoms with Crippen molar-refractivity contribution in [3.05, 3.63) is 36.0 Å². The quantitative estimate of drug-likeness (QED) is 0.485. The summed E-state index contributed by atoms with van der Waals surface area (Å²) in [6.07, 6.45) is 0.986. The van der Waals surface area contributed by atoms with Crippen LogP contribution < -0.4 is 10.6 Å². The molecule has 2 atom stereocenters. The molecule has 2 amide bonds. The Labute approximate surface area is 174 Å². The minimum absolute atomic E-state index is 0.0577. The van der Waals surface area contributed by atoms with E-state index in [4.69, 9.17) is 4.74 Å². The maximum atomic E-state index is 12.4. The molecule has 0 aliphatic rings. The number of aromatic amines is 1. The highest BCUT2D eigenvalue weighted by molar-refractivity contribution is 6.03. The van der Waals surface area contributed by atoms with Crippen LogP contribution in [0.3, 0.4) is 0 Å². The Morgan fingerprint density at radius 1 is 1.17 bits per heavy atom. The number of para-hydroxylation sites is 1. The number of amides is 2. The summed E-state index contributed by atoms with van der Waals surface area (Å²) in [5, 5.41) is 15.1. The lowest BCUT2D eigenvalue weighted by molar-refractivity contribution is -0.143. The van der Waals surface area contributed by atoms with Crippen molar-refractivity contribution in [2.45, 2.75) is 45.8 Å². The van der Waals surface area contributed by atoms with Crippen LogP contribution in [0.25, 0.3) is 10.9 Å². The molecule has 1 heterocycles. The number of ketones is 1. The number of alkyl carbamates (subject to hydrolysis) is 1. The van der Waals surface area contributed by atoms with Gasteiger partial charge in [-0.1, -0.05) is 18.2 Å². The molecule has 0 saturated carbocycles. The number of hydrogen-bond donors (Lipinski definition) is 4.